The number of nitrogens with zero attached hydrogens (tertiary/aromatic N) is 6. The summed E-state index contributed by atoms with van der Waals surface area (Å²) in [6.45, 7) is 6.07. The second-order valence-electron chi connectivity index (χ2n) is 7.90. The van der Waals surface area contributed by atoms with E-state index in [0.717, 1.165) is 31.6 Å². The first-order valence-corrected chi connectivity index (χ1v) is 10.3. The Morgan fingerprint density at radius 1 is 1.42 bits per heavy atom. The maximum Gasteiger partial charge on any atom is 0.261 e. The molecule has 1 aliphatic heterocycles. The van der Waals surface area contributed by atoms with Crippen LogP contribution in [-0.4, -0.2) is 54.6 Å². The maximum absolute atomic E-state index is 13.1. The zero-order valence-electron chi connectivity index (χ0n) is 17.4. The molecule has 1 saturated heterocycles. The molecular weight excluding hydrogens is 398 g/mol. The van der Waals surface area contributed by atoms with Crippen molar-refractivity contribution >= 4 is 28.3 Å². The summed E-state index contributed by atoms with van der Waals surface area (Å²) in [5, 5.41) is 12.4. The highest BCUT2D eigenvalue weighted by atomic mass is 16.5. The average molecular weight is 421 g/mol. The quantitative estimate of drug-likeness (QED) is 0.510. The summed E-state index contributed by atoms with van der Waals surface area (Å²) < 4.78 is 14.8. The van der Waals surface area contributed by atoms with Gasteiger partial charge in [0.2, 0.25) is 5.88 Å². The minimum atomic E-state index is -0.345. The Balaban J connectivity index is 1.48. The van der Waals surface area contributed by atoms with Gasteiger partial charge >= 0.3 is 0 Å². The molecule has 1 amide bonds. The molecule has 1 aliphatic rings. The van der Waals surface area contributed by atoms with Gasteiger partial charge in [-0.1, -0.05) is 0 Å². The highest BCUT2D eigenvalue weighted by Gasteiger charge is 2.21. The van der Waals surface area contributed by atoms with Crippen LogP contribution < -0.4 is 10.1 Å². The lowest BCUT2D eigenvalue weighted by Gasteiger charge is -2.12. The summed E-state index contributed by atoms with van der Waals surface area (Å²) >= 11 is 0. The molecule has 1 fully saturated rings. The molecule has 0 radical (unpaired) electrons. The van der Waals surface area contributed by atoms with Gasteiger partial charge in [0.15, 0.2) is 11.3 Å². The van der Waals surface area contributed by atoms with E-state index in [9.17, 15) is 4.79 Å². The number of hydrogen-bond acceptors (Lipinski definition) is 7. The van der Waals surface area contributed by atoms with Crippen molar-refractivity contribution in [3.8, 4) is 5.88 Å². The topological polar surface area (TPSA) is 108 Å². The third-order valence-corrected chi connectivity index (χ3v) is 5.10. The molecule has 160 valence electrons. The number of carbonyl (C=O) groups excluding carboxylic acids is 1. The molecule has 0 unspecified atom stereocenters. The van der Waals surface area contributed by atoms with Gasteiger partial charge in [-0.25, -0.2) is 9.50 Å². The van der Waals surface area contributed by atoms with Gasteiger partial charge in [0.05, 0.1) is 18.9 Å². The predicted octanol–water partition coefficient (Wildman–Crippen LogP) is 2.55. The van der Waals surface area contributed by atoms with E-state index in [0.29, 0.717) is 28.5 Å². The number of hydrogen-bond donors (Lipinski definition) is 1. The van der Waals surface area contributed by atoms with Crippen molar-refractivity contribution in [2.45, 2.75) is 32.9 Å². The van der Waals surface area contributed by atoms with Crippen molar-refractivity contribution < 1.29 is 14.3 Å². The Morgan fingerprint density at radius 3 is 3.13 bits per heavy atom. The monoisotopic (exact) mass is 421 g/mol. The van der Waals surface area contributed by atoms with Crippen LogP contribution in [0.25, 0.3) is 16.7 Å². The molecule has 5 rings (SSSR count). The van der Waals surface area contributed by atoms with Crippen LogP contribution in [0.3, 0.4) is 0 Å². The van der Waals surface area contributed by atoms with E-state index < -0.39 is 0 Å². The van der Waals surface area contributed by atoms with Crippen LogP contribution in [0.4, 0.5) is 5.69 Å². The fourth-order valence-electron chi connectivity index (χ4n) is 3.66. The van der Waals surface area contributed by atoms with E-state index >= 15 is 0 Å². The van der Waals surface area contributed by atoms with Gasteiger partial charge in [-0.05, 0) is 32.4 Å². The molecule has 0 bridgehead atoms. The first-order valence-electron chi connectivity index (χ1n) is 10.3. The molecule has 10 heteroatoms. The second kappa shape index (κ2) is 7.95. The Kier molecular flexibility index (Phi) is 4.99. The lowest BCUT2D eigenvalue weighted by Crippen LogP contribution is -2.17. The van der Waals surface area contributed by atoms with E-state index in [1.807, 2.05) is 24.7 Å². The summed E-state index contributed by atoms with van der Waals surface area (Å²) in [7, 11) is 0. The summed E-state index contributed by atoms with van der Waals surface area (Å²) in [6, 6.07) is 3.54. The molecule has 1 atom stereocenters. The minimum Gasteiger partial charge on any atom is -0.474 e. The lowest BCUT2D eigenvalue weighted by atomic mass is 10.1. The van der Waals surface area contributed by atoms with Crippen molar-refractivity contribution in [2.75, 3.05) is 18.5 Å². The molecule has 5 heterocycles. The Labute approximate surface area is 178 Å². The Morgan fingerprint density at radius 2 is 2.32 bits per heavy atom. The van der Waals surface area contributed by atoms with E-state index in [-0.39, 0.29) is 17.9 Å². The number of amides is 1. The zero-order chi connectivity index (χ0) is 21.4. The van der Waals surface area contributed by atoms with Gasteiger partial charge in [0.25, 0.3) is 5.91 Å². The number of aromatic nitrogens is 6. The van der Waals surface area contributed by atoms with E-state index in [4.69, 9.17) is 9.47 Å². The van der Waals surface area contributed by atoms with Gasteiger partial charge in [-0.2, -0.15) is 15.2 Å². The highest BCUT2D eigenvalue weighted by Crippen LogP contribution is 2.25. The normalized spacial score (nSPS) is 16.4. The highest BCUT2D eigenvalue weighted by molar-refractivity contribution is 6.08. The van der Waals surface area contributed by atoms with Crippen molar-refractivity contribution in [1.29, 1.82) is 0 Å². The first kappa shape index (κ1) is 19.4. The molecular formula is C21H23N7O3. The molecule has 4 aromatic rings. The van der Waals surface area contributed by atoms with Gasteiger partial charge in [0.1, 0.15) is 11.3 Å². The van der Waals surface area contributed by atoms with Gasteiger partial charge in [-0.15, -0.1) is 0 Å². The third kappa shape index (κ3) is 3.93. The first-order chi connectivity index (χ1) is 15.1. The summed E-state index contributed by atoms with van der Waals surface area (Å²) in [5.41, 5.74) is 1.95. The van der Waals surface area contributed by atoms with Crippen LogP contribution >= 0.6 is 0 Å². The Hall–Kier alpha value is -3.53. The smallest absolute Gasteiger partial charge is 0.261 e. The average Bonchev–Trinajstić information content (AvgIpc) is 3.47. The third-order valence-electron chi connectivity index (χ3n) is 5.10. The number of ether oxygens (including phenoxy) is 2. The molecule has 0 aromatic carbocycles. The molecule has 0 aliphatic carbocycles. The van der Waals surface area contributed by atoms with Crippen LogP contribution in [0.15, 0.2) is 36.9 Å². The van der Waals surface area contributed by atoms with Crippen LogP contribution in [0.1, 0.15) is 30.6 Å². The maximum atomic E-state index is 13.1. The van der Waals surface area contributed by atoms with E-state index in [1.165, 1.54) is 0 Å². The van der Waals surface area contributed by atoms with Crippen LogP contribution in [0.5, 0.6) is 5.88 Å². The van der Waals surface area contributed by atoms with E-state index in [1.54, 1.807) is 35.2 Å². The largest absolute Gasteiger partial charge is 0.474 e. The number of nitrogens with one attached hydrogen (secondary N) is 1. The molecule has 10 nitrogen and oxygen atoms in total. The molecule has 31 heavy (non-hydrogen) atoms. The SMILES string of the molecule is CC(C)Oc1nc2nn(C[C@H]3CCOC3)cc2cc1C(=O)Nc1cnn2cccnc12. The molecule has 1 N–H and O–H groups in total. The summed E-state index contributed by atoms with van der Waals surface area (Å²) in [6.07, 6.45) is 7.77. The van der Waals surface area contributed by atoms with Crippen molar-refractivity contribution in [3.63, 3.8) is 0 Å². The molecule has 0 spiro atoms. The Bertz CT molecular complexity index is 1240. The van der Waals surface area contributed by atoms with Crippen LogP contribution in [-0.2, 0) is 11.3 Å². The van der Waals surface area contributed by atoms with Gasteiger partial charge < -0.3 is 14.8 Å². The van der Waals surface area contributed by atoms with Gasteiger partial charge in [0, 0.05) is 43.0 Å². The van der Waals surface area contributed by atoms with Crippen LogP contribution in [0.2, 0.25) is 0 Å². The number of pyridine rings is 1. The van der Waals surface area contributed by atoms with Gasteiger partial charge in [-0.3, -0.25) is 9.48 Å². The molecule has 0 saturated carbocycles. The van der Waals surface area contributed by atoms with Crippen molar-refractivity contribution in [1.82, 2.24) is 29.4 Å². The van der Waals surface area contributed by atoms with Crippen molar-refractivity contribution in [3.05, 3.63) is 42.5 Å². The minimum absolute atomic E-state index is 0.145. The predicted molar refractivity (Wildman–Crippen MR) is 113 cm³/mol. The van der Waals surface area contributed by atoms with Crippen LogP contribution in [0, 0.1) is 5.92 Å². The number of fused-ring (bicyclic) bond motifs is 2. The molecule has 4 aromatic heterocycles. The number of carbonyl (C=O) groups is 1. The fourth-order valence-corrected chi connectivity index (χ4v) is 3.66. The summed E-state index contributed by atoms with van der Waals surface area (Å²) in [5.74, 6) is 0.341. The number of rotatable bonds is 6. The van der Waals surface area contributed by atoms with E-state index in [2.05, 4.69) is 25.5 Å². The number of anilines is 1. The second-order valence-corrected chi connectivity index (χ2v) is 7.90. The van der Waals surface area contributed by atoms with Crippen molar-refractivity contribution in [2.24, 2.45) is 5.92 Å². The zero-order valence-corrected chi connectivity index (χ0v) is 17.4. The summed E-state index contributed by atoms with van der Waals surface area (Å²) in [4.78, 5) is 22.0. The fraction of sp³-hybridized carbons (Fsp3) is 0.381. The lowest BCUT2D eigenvalue weighted by molar-refractivity contribution is 0.102. The standard InChI is InChI=1S/C21H23N7O3/c1-13(2)31-21-16(20(29)24-17-9-23-28-6-3-5-22-19(17)28)8-15-11-27(26-18(15)25-21)10-14-4-7-30-12-14/h3,5-6,8-9,11,13-14H,4,7,10,12H2,1-2H3,(H,24,29)/t14-/m1/s1.